The molecule has 0 aliphatic rings. The van der Waals surface area contributed by atoms with Crippen LogP contribution in [-0.2, 0) is 16.1 Å². The van der Waals surface area contributed by atoms with E-state index in [-0.39, 0.29) is 11.6 Å². The summed E-state index contributed by atoms with van der Waals surface area (Å²) in [5.41, 5.74) is -0.382. The van der Waals surface area contributed by atoms with Crippen molar-refractivity contribution in [1.82, 2.24) is 0 Å². The Morgan fingerprint density at radius 1 is 1.30 bits per heavy atom. The molecule has 5 heteroatoms. The van der Waals surface area contributed by atoms with Crippen LogP contribution in [0.1, 0.15) is 30.9 Å². The molecule has 0 aromatic heterocycles. The van der Waals surface area contributed by atoms with Crippen LogP contribution in [-0.4, -0.2) is 16.7 Å². The van der Waals surface area contributed by atoms with E-state index in [4.69, 9.17) is 16.3 Å². The fraction of sp³-hybridized carbons (Fsp3) is 0.278. The molecular weight excluding hydrogens is 319 g/mol. The van der Waals surface area contributed by atoms with Crippen LogP contribution in [0.4, 0.5) is 4.39 Å². The second-order valence-electron chi connectivity index (χ2n) is 5.59. The Morgan fingerprint density at radius 2 is 1.96 bits per heavy atom. The third-order valence-electron chi connectivity index (χ3n) is 3.93. The Hall–Kier alpha value is -1.91. The van der Waals surface area contributed by atoms with E-state index in [0.717, 1.165) is 11.6 Å². The van der Waals surface area contributed by atoms with Gasteiger partial charge in [-0.2, -0.15) is 0 Å². The van der Waals surface area contributed by atoms with Crippen molar-refractivity contribution in [1.29, 1.82) is 0 Å². The number of rotatable bonds is 5. The third-order valence-corrected chi connectivity index (χ3v) is 4.28. The van der Waals surface area contributed by atoms with Crippen LogP contribution in [0.15, 0.2) is 48.5 Å². The lowest BCUT2D eigenvalue weighted by Gasteiger charge is -2.28. The van der Waals surface area contributed by atoms with E-state index in [2.05, 4.69) is 0 Å². The number of carbonyl (C=O) groups is 1. The highest BCUT2D eigenvalue weighted by Gasteiger charge is 2.39. The highest BCUT2D eigenvalue weighted by atomic mass is 35.5. The van der Waals surface area contributed by atoms with Crippen molar-refractivity contribution in [3.63, 3.8) is 0 Å². The first-order chi connectivity index (χ1) is 10.8. The van der Waals surface area contributed by atoms with Gasteiger partial charge in [-0.05, 0) is 24.6 Å². The zero-order valence-electron chi connectivity index (χ0n) is 12.9. The van der Waals surface area contributed by atoms with Gasteiger partial charge in [0, 0.05) is 11.5 Å². The van der Waals surface area contributed by atoms with Crippen LogP contribution in [0.3, 0.4) is 0 Å². The van der Waals surface area contributed by atoms with Gasteiger partial charge in [0.2, 0.25) is 0 Å². The summed E-state index contributed by atoms with van der Waals surface area (Å²) in [6, 6.07) is 13.0. The molecule has 0 aliphatic carbocycles. The Bertz CT molecular complexity index is 686. The summed E-state index contributed by atoms with van der Waals surface area (Å²) in [5.74, 6) is -1.66. The van der Waals surface area contributed by atoms with Crippen LogP contribution in [0.2, 0.25) is 5.02 Å². The molecule has 0 fully saturated rings. The number of esters is 1. The number of benzene rings is 2. The van der Waals surface area contributed by atoms with Crippen molar-refractivity contribution in [2.24, 2.45) is 0 Å². The molecule has 2 rings (SSSR count). The molecule has 0 saturated heterocycles. The van der Waals surface area contributed by atoms with Gasteiger partial charge in [0.05, 0.1) is 5.02 Å². The molecule has 3 nitrogen and oxygen atoms in total. The van der Waals surface area contributed by atoms with Crippen molar-refractivity contribution >= 4 is 17.6 Å². The second kappa shape index (κ2) is 7.11. The number of aliphatic hydroxyl groups is 1. The largest absolute Gasteiger partial charge is 0.459 e. The lowest BCUT2D eigenvalue weighted by Crippen LogP contribution is -2.41. The first kappa shape index (κ1) is 17.4. The van der Waals surface area contributed by atoms with E-state index >= 15 is 0 Å². The Balaban J connectivity index is 2.06. The molecule has 0 bridgehead atoms. The molecule has 23 heavy (non-hydrogen) atoms. The Kier molecular flexibility index (Phi) is 5.39. The number of halogens is 2. The van der Waals surface area contributed by atoms with Gasteiger partial charge in [0.15, 0.2) is 5.60 Å². The van der Waals surface area contributed by atoms with Gasteiger partial charge in [-0.3, -0.25) is 0 Å². The number of hydrogen-bond donors (Lipinski definition) is 1. The van der Waals surface area contributed by atoms with Gasteiger partial charge in [-0.15, -0.1) is 0 Å². The first-order valence-electron chi connectivity index (χ1n) is 7.21. The summed E-state index contributed by atoms with van der Waals surface area (Å²) in [7, 11) is 0. The zero-order chi connectivity index (χ0) is 17.0. The highest BCUT2D eigenvalue weighted by molar-refractivity contribution is 6.31. The number of ether oxygens (including phenoxy) is 1. The lowest BCUT2D eigenvalue weighted by atomic mass is 9.85. The first-order valence-corrected chi connectivity index (χ1v) is 7.58. The molecular formula is C18H18ClFO3. The Morgan fingerprint density at radius 3 is 2.57 bits per heavy atom. The molecule has 0 heterocycles. The van der Waals surface area contributed by atoms with Crippen LogP contribution in [0.25, 0.3) is 0 Å². The van der Waals surface area contributed by atoms with E-state index in [1.54, 1.807) is 6.92 Å². The van der Waals surface area contributed by atoms with Crippen LogP contribution in [0, 0.1) is 5.82 Å². The van der Waals surface area contributed by atoms with Crippen LogP contribution >= 0.6 is 11.6 Å². The average molecular weight is 337 g/mol. The van der Waals surface area contributed by atoms with Crippen molar-refractivity contribution in [2.45, 2.75) is 32.0 Å². The quantitative estimate of drug-likeness (QED) is 0.837. The van der Waals surface area contributed by atoms with Gasteiger partial charge in [0.1, 0.15) is 12.4 Å². The highest BCUT2D eigenvalue weighted by Crippen LogP contribution is 2.29. The minimum absolute atomic E-state index is 0.129. The third kappa shape index (κ3) is 4.09. The number of hydrogen-bond acceptors (Lipinski definition) is 3. The fourth-order valence-corrected chi connectivity index (χ4v) is 2.39. The summed E-state index contributed by atoms with van der Waals surface area (Å²) in [6.07, 6.45) is 0. The van der Waals surface area contributed by atoms with Crippen LogP contribution < -0.4 is 0 Å². The summed E-state index contributed by atoms with van der Waals surface area (Å²) in [5, 5.41) is 10.7. The zero-order valence-corrected chi connectivity index (χ0v) is 13.7. The van der Waals surface area contributed by atoms with Gasteiger partial charge >= 0.3 is 5.97 Å². The standard InChI is InChI=1S/C18H18ClFO3/c1-12(13-6-4-3-5-7-13)18(2,22)17(21)23-11-14-8-9-15(20)10-16(14)19/h3-10,12,22H,11H2,1-2H3/t12-,18+/m1/s1. The minimum atomic E-state index is -1.69. The maximum Gasteiger partial charge on any atom is 0.338 e. The number of carbonyl (C=O) groups excluding carboxylic acids is 1. The molecule has 122 valence electrons. The van der Waals surface area contributed by atoms with Crippen molar-refractivity contribution in [3.05, 3.63) is 70.5 Å². The maximum absolute atomic E-state index is 13.0. The summed E-state index contributed by atoms with van der Waals surface area (Å²) in [6.45, 7) is 3.04. The summed E-state index contributed by atoms with van der Waals surface area (Å²) < 4.78 is 18.2. The predicted molar refractivity (Wildman–Crippen MR) is 86.7 cm³/mol. The molecule has 0 saturated carbocycles. The molecule has 0 aliphatic heterocycles. The van der Waals surface area contributed by atoms with Crippen molar-refractivity contribution in [3.8, 4) is 0 Å². The molecule has 0 radical (unpaired) electrons. The van der Waals surface area contributed by atoms with Gasteiger partial charge in [-0.1, -0.05) is 54.9 Å². The average Bonchev–Trinajstić information content (AvgIpc) is 2.53. The second-order valence-corrected chi connectivity index (χ2v) is 6.00. The molecule has 0 unspecified atom stereocenters. The fourth-order valence-electron chi connectivity index (χ4n) is 2.17. The molecule has 0 spiro atoms. The van der Waals surface area contributed by atoms with E-state index in [1.807, 2.05) is 30.3 Å². The monoisotopic (exact) mass is 336 g/mol. The summed E-state index contributed by atoms with van der Waals surface area (Å²) in [4.78, 5) is 12.2. The van der Waals surface area contributed by atoms with Crippen molar-refractivity contribution in [2.75, 3.05) is 0 Å². The van der Waals surface area contributed by atoms with Gasteiger partial charge in [-0.25, -0.2) is 9.18 Å². The van der Waals surface area contributed by atoms with E-state index in [1.165, 1.54) is 19.1 Å². The smallest absolute Gasteiger partial charge is 0.338 e. The normalized spacial score (nSPS) is 14.8. The lowest BCUT2D eigenvalue weighted by molar-refractivity contribution is -0.167. The van der Waals surface area contributed by atoms with Gasteiger partial charge < -0.3 is 9.84 Å². The molecule has 2 aromatic rings. The molecule has 0 amide bonds. The van der Waals surface area contributed by atoms with Crippen molar-refractivity contribution < 1.29 is 19.0 Å². The van der Waals surface area contributed by atoms with E-state index in [0.29, 0.717) is 5.56 Å². The molecule has 2 atom stereocenters. The van der Waals surface area contributed by atoms with E-state index < -0.39 is 23.3 Å². The minimum Gasteiger partial charge on any atom is -0.459 e. The van der Waals surface area contributed by atoms with E-state index in [9.17, 15) is 14.3 Å². The van der Waals surface area contributed by atoms with Gasteiger partial charge in [0.25, 0.3) is 0 Å². The SMILES string of the molecule is C[C@H](c1ccccc1)[C@](C)(O)C(=O)OCc1ccc(F)cc1Cl. The topological polar surface area (TPSA) is 46.5 Å². The van der Waals surface area contributed by atoms with Crippen LogP contribution in [0.5, 0.6) is 0 Å². The summed E-state index contributed by atoms with van der Waals surface area (Å²) >= 11 is 5.89. The molecule has 2 aromatic carbocycles. The Labute approximate surface area is 139 Å². The molecule has 1 N–H and O–H groups in total. The predicted octanol–water partition coefficient (Wildman–Crippen LogP) is 4.08. The maximum atomic E-state index is 13.0.